The molecule has 2 fully saturated rings. The van der Waals surface area contributed by atoms with Crippen molar-refractivity contribution in [2.75, 3.05) is 4.90 Å². The number of benzene rings is 2. The number of hydrogen-bond donors (Lipinski definition) is 0. The second kappa shape index (κ2) is 9.75. The van der Waals surface area contributed by atoms with Gasteiger partial charge in [-0.25, -0.2) is 13.3 Å². The molecule has 9 heteroatoms. The van der Waals surface area contributed by atoms with Crippen LogP contribution in [-0.2, 0) is 19.6 Å². The van der Waals surface area contributed by atoms with Crippen LogP contribution in [0.25, 0.3) is 0 Å². The lowest BCUT2D eigenvalue weighted by molar-refractivity contribution is -0.122. The van der Waals surface area contributed by atoms with Crippen LogP contribution in [-0.4, -0.2) is 36.6 Å². The third kappa shape index (κ3) is 4.71. The molecule has 1 heterocycles. The number of halogens is 2. The van der Waals surface area contributed by atoms with Gasteiger partial charge in [0, 0.05) is 15.0 Å². The van der Waals surface area contributed by atoms with Crippen molar-refractivity contribution in [3.8, 4) is 0 Å². The summed E-state index contributed by atoms with van der Waals surface area (Å²) in [7, 11) is -3.98. The Bertz CT molecular complexity index is 1100. The van der Waals surface area contributed by atoms with Gasteiger partial charge in [-0.15, -0.1) is 0 Å². The van der Waals surface area contributed by atoms with Gasteiger partial charge in [0.25, 0.3) is 5.91 Å². The minimum Gasteiger partial charge on any atom is -0.274 e. The van der Waals surface area contributed by atoms with Gasteiger partial charge >= 0.3 is 0 Å². The highest BCUT2D eigenvalue weighted by atomic mass is 79.9. The summed E-state index contributed by atoms with van der Waals surface area (Å²) in [4.78, 5) is 27.6. The summed E-state index contributed by atoms with van der Waals surface area (Å²) in [6.07, 6.45) is 5.13. The van der Waals surface area contributed by atoms with Crippen LogP contribution in [0, 0.1) is 0 Å². The highest BCUT2D eigenvalue weighted by molar-refractivity contribution is 9.10. The zero-order valence-corrected chi connectivity index (χ0v) is 21.4. The smallest absolute Gasteiger partial charge is 0.252 e. The average Bonchev–Trinajstić information content (AvgIpc) is 2.93. The van der Waals surface area contributed by atoms with Gasteiger partial charge in [0.1, 0.15) is 6.04 Å². The van der Waals surface area contributed by atoms with Crippen LogP contribution in [0.5, 0.6) is 0 Å². The normalized spacial score (nSPS) is 20.7. The lowest BCUT2D eigenvalue weighted by Crippen LogP contribution is -2.50. The van der Waals surface area contributed by atoms with Crippen molar-refractivity contribution in [3.63, 3.8) is 0 Å². The number of sulfonamides is 1. The van der Waals surface area contributed by atoms with E-state index in [0.29, 0.717) is 18.5 Å². The first-order valence-electron chi connectivity index (χ1n) is 10.7. The molecule has 6 nitrogen and oxygen atoms in total. The Morgan fingerprint density at radius 3 is 1.91 bits per heavy atom. The quantitative estimate of drug-likeness (QED) is 0.355. The first kappa shape index (κ1) is 23.6. The SMILES string of the molecule is O=C1CC(N(C2CCCCCC2)S(=O)(=O)c2ccc(Br)cc2)C(=O)N1c1ccc(Br)cc1. The number of amides is 2. The molecule has 1 atom stereocenters. The molecular weight excluding hydrogens is 560 g/mol. The van der Waals surface area contributed by atoms with Gasteiger partial charge in [0.05, 0.1) is 17.0 Å². The maximum atomic E-state index is 13.8. The summed E-state index contributed by atoms with van der Waals surface area (Å²) in [5.74, 6) is -0.866. The van der Waals surface area contributed by atoms with Gasteiger partial charge in [0.15, 0.2) is 0 Å². The van der Waals surface area contributed by atoms with Gasteiger partial charge in [-0.2, -0.15) is 4.31 Å². The number of hydrogen-bond acceptors (Lipinski definition) is 4. The van der Waals surface area contributed by atoms with Gasteiger partial charge in [-0.3, -0.25) is 9.59 Å². The molecule has 0 bridgehead atoms. The molecule has 2 aliphatic rings. The number of anilines is 1. The molecule has 0 aromatic heterocycles. The van der Waals surface area contributed by atoms with Crippen LogP contribution in [0.3, 0.4) is 0 Å². The molecule has 2 aromatic rings. The molecular formula is C23H24Br2N2O4S. The Balaban J connectivity index is 1.74. The summed E-state index contributed by atoms with van der Waals surface area (Å²) in [5.41, 5.74) is 0.451. The standard InChI is InChI=1S/C23H24Br2N2O4S/c24-16-7-11-18(12-8-16)26-22(28)15-21(23(26)29)27(19-5-3-1-2-4-6-19)32(30,31)20-13-9-17(25)10-14-20/h7-14,19,21H,1-6,15H2. The first-order valence-corrected chi connectivity index (χ1v) is 13.7. The maximum Gasteiger partial charge on any atom is 0.252 e. The second-order valence-corrected chi connectivity index (χ2v) is 11.9. The molecule has 32 heavy (non-hydrogen) atoms. The van der Waals surface area contributed by atoms with Gasteiger partial charge < -0.3 is 0 Å². The minimum absolute atomic E-state index is 0.132. The number of rotatable bonds is 5. The number of nitrogens with zero attached hydrogens (tertiary/aromatic N) is 2. The van der Waals surface area contributed by atoms with Crippen molar-refractivity contribution < 1.29 is 18.0 Å². The van der Waals surface area contributed by atoms with E-state index in [9.17, 15) is 18.0 Å². The zero-order chi connectivity index (χ0) is 22.9. The first-order chi connectivity index (χ1) is 15.3. The fourth-order valence-electron chi connectivity index (χ4n) is 4.53. The fraction of sp³-hybridized carbons (Fsp3) is 0.391. The topological polar surface area (TPSA) is 74.8 Å². The van der Waals surface area contributed by atoms with Gasteiger partial charge in [0.2, 0.25) is 15.9 Å². The van der Waals surface area contributed by atoms with Crippen LogP contribution in [0.15, 0.2) is 62.4 Å². The summed E-state index contributed by atoms with van der Waals surface area (Å²) in [6.45, 7) is 0. The highest BCUT2D eigenvalue weighted by Gasteiger charge is 2.49. The average molecular weight is 584 g/mol. The van der Waals surface area contributed by atoms with E-state index in [4.69, 9.17) is 0 Å². The summed E-state index contributed by atoms with van der Waals surface area (Å²) in [6, 6.07) is 12.0. The third-order valence-corrected chi connectivity index (χ3v) is 9.12. The Labute approximate surface area is 205 Å². The molecule has 1 unspecified atom stereocenters. The largest absolute Gasteiger partial charge is 0.274 e. The molecule has 0 spiro atoms. The second-order valence-electron chi connectivity index (χ2n) is 8.20. The van der Waals surface area contributed by atoms with Crippen molar-refractivity contribution in [2.24, 2.45) is 0 Å². The number of carbonyl (C=O) groups excluding carboxylic acids is 2. The minimum atomic E-state index is -3.98. The van der Waals surface area contributed by atoms with Crippen LogP contribution in [0.4, 0.5) is 5.69 Å². The predicted octanol–water partition coefficient (Wildman–Crippen LogP) is 5.26. The Hall–Kier alpha value is -1.55. The predicted molar refractivity (Wildman–Crippen MR) is 130 cm³/mol. The van der Waals surface area contributed by atoms with E-state index < -0.39 is 22.0 Å². The van der Waals surface area contributed by atoms with E-state index in [0.717, 1.165) is 39.5 Å². The number of imide groups is 1. The Morgan fingerprint density at radius 2 is 1.34 bits per heavy atom. The van der Waals surface area contributed by atoms with E-state index in [-0.39, 0.29) is 23.3 Å². The van der Waals surface area contributed by atoms with E-state index in [1.807, 2.05) is 0 Å². The Morgan fingerprint density at radius 1 is 0.812 bits per heavy atom. The maximum absolute atomic E-state index is 13.8. The molecule has 2 amide bonds. The molecule has 1 saturated heterocycles. The lowest BCUT2D eigenvalue weighted by Gasteiger charge is -2.33. The van der Waals surface area contributed by atoms with E-state index in [1.54, 1.807) is 36.4 Å². The molecule has 4 rings (SSSR count). The monoisotopic (exact) mass is 582 g/mol. The van der Waals surface area contributed by atoms with Gasteiger partial charge in [-0.1, -0.05) is 57.5 Å². The highest BCUT2D eigenvalue weighted by Crippen LogP contribution is 2.35. The Kier molecular flexibility index (Phi) is 7.19. The van der Waals surface area contributed by atoms with Crippen molar-refractivity contribution in [1.29, 1.82) is 0 Å². The van der Waals surface area contributed by atoms with Crippen LogP contribution in [0.2, 0.25) is 0 Å². The van der Waals surface area contributed by atoms with Crippen LogP contribution in [0.1, 0.15) is 44.9 Å². The van der Waals surface area contributed by atoms with Crippen molar-refractivity contribution in [2.45, 2.75) is 61.9 Å². The van der Waals surface area contributed by atoms with Gasteiger partial charge in [-0.05, 0) is 61.4 Å². The number of carbonyl (C=O) groups is 2. The molecule has 0 radical (unpaired) electrons. The van der Waals surface area contributed by atoms with Crippen LogP contribution < -0.4 is 4.90 Å². The van der Waals surface area contributed by atoms with E-state index >= 15 is 0 Å². The summed E-state index contributed by atoms with van der Waals surface area (Å²) < 4.78 is 30.6. The van der Waals surface area contributed by atoms with E-state index in [2.05, 4.69) is 31.9 Å². The fourth-order valence-corrected chi connectivity index (χ4v) is 6.89. The van der Waals surface area contributed by atoms with Crippen molar-refractivity contribution in [1.82, 2.24) is 4.31 Å². The summed E-state index contributed by atoms with van der Waals surface area (Å²) in [5, 5.41) is 0. The summed E-state index contributed by atoms with van der Waals surface area (Å²) >= 11 is 6.70. The molecule has 0 N–H and O–H groups in total. The molecule has 1 saturated carbocycles. The van der Waals surface area contributed by atoms with Crippen molar-refractivity contribution >= 4 is 59.4 Å². The third-order valence-electron chi connectivity index (χ3n) is 6.09. The van der Waals surface area contributed by atoms with Crippen molar-refractivity contribution in [3.05, 3.63) is 57.5 Å². The molecule has 170 valence electrons. The van der Waals surface area contributed by atoms with Crippen LogP contribution >= 0.6 is 31.9 Å². The molecule has 2 aromatic carbocycles. The van der Waals surface area contributed by atoms with E-state index in [1.165, 1.54) is 16.4 Å². The molecule has 1 aliphatic heterocycles. The molecule has 1 aliphatic carbocycles. The zero-order valence-electron chi connectivity index (χ0n) is 17.4. The lowest BCUT2D eigenvalue weighted by atomic mass is 10.1.